The molecule has 0 atom stereocenters. The summed E-state index contributed by atoms with van der Waals surface area (Å²) in [5.41, 5.74) is 3.24. The highest BCUT2D eigenvalue weighted by atomic mass is 32.2. The van der Waals surface area contributed by atoms with Crippen LogP contribution in [-0.4, -0.2) is 18.5 Å². The molecule has 0 aliphatic heterocycles. The van der Waals surface area contributed by atoms with Gasteiger partial charge < -0.3 is 4.40 Å². The minimum absolute atomic E-state index is 0.271. The van der Waals surface area contributed by atoms with Crippen molar-refractivity contribution in [2.75, 3.05) is 0 Å². The second-order valence-electron chi connectivity index (χ2n) is 5.52. The maximum atomic E-state index is 11.9. The summed E-state index contributed by atoms with van der Waals surface area (Å²) >= 11 is 1.63. The lowest BCUT2D eigenvalue weighted by atomic mass is 10.3. The summed E-state index contributed by atoms with van der Waals surface area (Å²) in [5.74, 6) is 1.32. The van der Waals surface area contributed by atoms with Crippen LogP contribution < -0.4 is 11.2 Å². The van der Waals surface area contributed by atoms with Crippen molar-refractivity contribution in [1.29, 1.82) is 0 Å². The average molecular weight is 330 g/mol. The van der Waals surface area contributed by atoms with E-state index in [9.17, 15) is 9.59 Å². The van der Waals surface area contributed by atoms with E-state index in [1.165, 1.54) is 17.7 Å². The van der Waals surface area contributed by atoms with Crippen molar-refractivity contribution in [3.8, 4) is 0 Å². The third-order valence-electron chi connectivity index (χ3n) is 3.85. The van der Waals surface area contributed by atoms with E-state index in [0.29, 0.717) is 5.75 Å². The number of nitrogens with zero attached hydrogens (tertiary/aromatic N) is 4. The summed E-state index contributed by atoms with van der Waals surface area (Å²) in [5, 5.41) is 0. The van der Waals surface area contributed by atoms with Crippen LogP contribution in [0.25, 0.3) is 5.65 Å². The Bertz CT molecular complexity index is 984. The number of aryl methyl sites for hydroxylation is 1. The average Bonchev–Trinajstić information content (AvgIpc) is 2.94. The number of rotatable bonds is 4. The van der Waals surface area contributed by atoms with Gasteiger partial charge in [0.15, 0.2) is 0 Å². The second-order valence-corrected chi connectivity index (χ2v) is 6.51. The molecule has 7 heteroatoms. The molecular weight excluding hydrogens is 312 g/mol. The molecule has 23 heavy (non-hydrogen) atoms. The van der Waals surface area contributed by atoms with Crippen molar-refractivity contribution < 1.29 is 0 Å². The Morgan fingerprint density at radius 3 is 2.70 bits per heavy atom. The molecule has 0 saturated heterocycles. The van der Waals surface area contributed by atoms with Gasteiger partial charge in [0.05, 0.1) is 5.69 Å². The number of hydrogen-bond acceptors (Lipinski definition) is 4. The molecule has 3 aromatic heterocycles. The smallest absolute Gasteiger partial charge is 0.307 e. The van der Waals surface area contributed by atoms with E-state index in [1.807, 2.05) is 35.9 Å². The van der Waals surface area contributed by atoms with Gasteiger partial charge in [-0.15, -0.1) is 11.8 Å². The topological polar surface area (TPSA) is 61.3 Å². The third kappa shape index (κ3) is 2.96. The standard InChI is InChI=1S/C16H18N4O2S/c1-11-5-4-6-20-8-12(17-15(11)20)9-23-10-13-7-14(21)19(3)16(22)18(13)2/h4-8H,9-10H2,1-3H3. The maximum absolute atomic E-state index is 11.9. The monoisotopic (exact) mass is 330 g/mol. The van der Waals surface area contributed by atoms with Crippen LogP contribution in [0.2, 0.25) is 0 Å². The van der Waals surface area contributed by atoms with Crippen molar-refractivity contribution in [3.63, 3.8) is 0 Å². The molecule has 3 rings (SSSR count). The lowest BCUT2D eigenvalue weighted by Crippen LogP contribution is -2.37. The van der Waals surface area contributed by atoms with E-state index < -0.39 is 0 Å². The Morgan fingerprint density at radius 2 is 1.96 bits per heavy atom. The first-order valence-corrected chi connectivity index (χ1v) is 8.39. The van der Waals surface area contributed by atoms with Crippen molar-refractivity contribution in [3.05, 3.63) is 68.4 Å². The zero-order valence-corrected chi connectivity index (χ0v) is 14.1. The Balaban J connectivity index is 1.75. The number of imidazole rings is 1. The highest BCUT2D eigenvalue weighted by Gasteiger charge is 2.08. The Hall–Kier alpha value is -2.28. The van der Waals surface area contributed by atoms with Crippen molar-refractivity contribution in [2.24, 2.45) is 14.1 Å². The van der Waals surface area contributed by atoms with Gasteiger partial charge in [-0.2, -0.15) is 0 Å². The number of pyridine rings is 1. The van der Waals surface area contributed by atoms with Gasteiger partial charge in [-0.1, -0.05) is 6.07 Å². The van der Waals surface area contributed by atoms with Crippen LogP contribution in [0.1, 0.15) is 17.0 Å². The first kappa shape index (κ1) is 15.6. The summed E-state index contributed by atoms with van der Waals surface area (Å²) in [6.45, 7) is 2.04. The lowest BCUT2D eigenvalue weighted by Gasteiger charge is -2.08. The Morgan fingerprint density at radius 1 is 1.17 bits per heavy atom. The molecule has 3 heterocycles. The molecule has 0 fully saturated rings. The highest BCUT2D eigenvalue weighted by molar-refractivity contribution is 7.97. The van der Waals surface area contributed by atoms with E-state index in [1.54, 1.807) is 18.8 Å². The fraction of sp³-hybridized carbons (Fsp3) is 0.312. The van der Waals surface area contributed by atoms with Gasteiger partial charge in [0.1, 0.15) is 5.65 Å². The number of hydrogen-bond donors (Lipinski definition) is 0. The highest BCUT2D eigenvalue weighted by Crippen LogP contribution is 2.17. The van der Waals surface area contributed by atoms with Gasteiger partial charge in [-0.25, -0.2) is 9.78 Å². The lowest BCUT2D eigenvalue weighted by molar-refractivity contribution is 0.665. The second kappa shape index (κ2) is 6.08. The molecule has 0 aliphatic carbocycles. The zero-order valence-electron chi connectivity index (χ0n) is 13.3. The van der Waals surface area contributed by atoms with Crippen LogP contribution in [0.3, 0.4) is 0 Å². The quantitative estimate of drug-likeness (QED) is 0.727. The molecule has 3 aromatic rings. The van der Waals surface area contributed by atoms with Crippen LogP contribution in [0, 0.1) is 6.92 Å². The minimum atomic E-state index is -0.295. The first-order valence-electron chi connectivity index (χ1n) is 7.24. The van der Waals surface area contributed by atoms with Gasteiger partial charge >= 0.3 is 5.69 Å². The molecule has 0 amide bonds. The Labute approximate surface area is 137 Å². The molecule has 0 bridgehead atoms. The fourth-order valence-corrected chi connectivity index (χ4v) is 3.39. The molecular formula is C16H18N4O2S. The molecule has 0 spiro atoms. The van der Waals surface area contributed by atoms with Crippen molar-refractivity contribution in [2.45, 2.75) is 18.4 Å². The van der Waals surface area contributed by atoms with E-state index in [-0.39, 0.29) is 11.2 Å². The van der Waals surface area contributed by atoms with Gasteiger partial charge in [0, 0.05) is 49.8 Å². The largest absolute Gasteiger partial charge is 0.330 e. The summed E-state index contributed by atoms with van der Waals surface area (Å²) < 4.78 is 4.64. The normalized spacial score (nSPS) is 11.3. The molecule has 0 aromatic carbocycles. The van der Waals surface area contributed by atoms with Gasteiger partial charge in [-0.3, -0.25) is 13.9 Å². The summed E-state index contributed by atoms with van der Waals surface area (Å²) in [6.07, 6.45) is 3.99. The molecule has 120 valence electrons. The Kier molecular flexibility index (Phi) is 4.12. The zero-order chi connectivity index (χ0) is 16.6. The molecule has 0 unspecified atom stereocenters. The number of aromatic nitrogens is 4. The first-order chi connectivity index (χ1) is 11.0. The van der Waals surface area contributed by atoms with E-state index in [2.05, 4.69) is 4.98 Å². The fourth-order valence-electron chi connectivity index (χ4n) is 2.45. The summed E-state index contributed by atoms with van der Waals surface area (Å²) in [4.78, 5) is 28.2. The molecule has 6 nitrogen and oxygen atoms in total. The van der Waals surface area contributed by atoms with Crippen LogP contribution in [0.15, 0.2) is 40.2 Å². The summed E-state index contributed by atoms with van der Waals surface area (Å²) in [6, 6.07) is 5.55. The predicted molar refractivity (Wildman–Crippen MR) is 91.9 cm³/mol. The summed E-state index contributed by atoms with van der Waals surface area (Å²) in [7, 11) is 3.17. The minimum Gasteiger partial charge on any atom is -0.307 e. The molecule has 0 saturated carbocycles. The molecule has 0 aliphatic rings. The SMILES string of the molecule is Cc1cccn2cc(CSCc3cc(=O)n(C)c(=O)n3C)nc12. The third-order valence-corrected chi connectivity index (χ3v) is 4.85. The van der Waals surface area contributed by atoms with Crippen molar-refractivity contribution >= 4 is 17.4 Å². The van der Waals surface area contributed by atoms with E-state index >= 15 is 0 Å². The van der Waals surface area contributed by atoms with E-state index in [0.717, 1.165) is 32.9 Å². The van der Waals surface area contributed by atoms with Crippen molar-refractivity contribution in [1.82, 2.24) is 18.5 Å². The molecule has 0 N–H and O–H groups in total. The number of thioether (sulfide) groups is 1. The van der Waals surface area contributed by atoms with Gasteiger partial charge in [0.25, 0.3) is 5.56 Å². The van der Waals surface area contributed by atoms with Gasteiger partial charge in [-0.05, 0) is 18.6 Å². The number of fused-ring (bicyclic) bond motifs is 1. The maximum Gasteiger partial charge on any atom is 0.330 e. The van der Waals surface area contributed by atoms with Crippen LogP contribution >= 0.6 is 11.8 Å². The van der Waals surface area contributed by atoms with Crippen LogP contribution in [-0.2, 0) is 25.6 Å². The molecule has 0 radical (unpaired) electrons. The van der Waals surface area contributed by atoms with E-state index in [4.69, 9.17) is 0 Å². The van der Waals surface area contributed by atoms with Gasteiger partial charge in [0.2, 0.25) is 0 Å². The van der Waals surface area contributed by atoms with Crippen LogP contribution in [0.5, 0.6) is 0 Å². The van der Waals surface area contributed by atoms with Crippen LogP contribution in [0.4, 0.5) is 0 Å². The predicted octanol–water partition coefficient (Wildman–Crippen LogP) is 1.47.